The standard InChI is InChI=1S/C13H11BrN2S/c1-9-2-5-12(14)13(6-9)16-8-11-4-3-10(7-15)17-11/h2-6,16H,8H2,1H3. The third kappa shape index (κ3) is 3.09. The van der Waals surface area contributed by atoms with Gasteiger partial charge in [-0.05, 0) is 52.7 Å². The fraction of sp³-hybridized carbons (Fsp3) is 0.154. The molecule has 0 bridgehead atoms. The van der Waals surface area contributed by atoms with E-state index in [-0.39, 0.29) is 0 Å². The van der Waals surface area contributed by atoms with Gasteiger partial charge in [-0.3, -0.25) is 0 Å². The molecular formula is C13H11BrN2S. The van der Waals surface area contributed by atoms with E-state index in [0.717, 1.165) is 26.5 Å². The van der Waals surface area contributed by atoms with Crippen LogP contribution in [0.2, 0.25) is 0 Å². The number of nitriles is 1. The lowest BCUT2D eigenvalue weighted by atomic mass is 10.2. The molecule has 0 saturated heterocycles. The van der Waals surface area contributed by atoms with Gasteiger partial charge < -0.3 is 5.32 Å². The Bertz CT molecular complexity index is 569. The molecule has 0 atom stereocenters. The number of halogens is 1. The first-order chi connectivity index (χ1) is 8.19. The largest absolute Gasteiger partial charge is 0.379 e. The molecule has 1 heterocycles. The second kappa shape index (κ2) is 5.35. The van der Waals surface area contributed by atoms with E-state index in [1.165, 1.54) is 16.9 Å². The van der Waals surface area contributed by atoms with Gasteiger partial charge in [0.05, 0.1) is 0 Å². The van der Waals surface area contributed by atoms with Gasteiger partial charge in [0, 0.05) is 21.6 Å². The molecule has 0 aliphatic rings. The predicted octanol–water partition coefficient (Wildman–Crippen LogP) is 4.30. The van der Waals surface area contributed by atoms with E-state index in [1.807, 2.05) is 18.2 Å². The van der Waals surface area contributed by atoms with Crippen LogP contribution in [0.15, 0.2) is 34.8 Å². The van der Waals surface area contributed by atoms with Crippen LogP contribution >= 0.6 is 27.3 Å². The lowest BCUT2D eigenvalue weighted by molar-refractivity contribution is 1.18. The molecule has 2 rings (SSSR count). The van der Waals surface area contributed by atoms with Gasteiger partial charge in [-0.2, -0.15) is 5.26 Å². The van der Waals surface area contributed by atoms with Gasteiger partial charge in [-0.1, -0.05) is 6.07 Å². The molecule has 0 spiro atoms. The summed E-state index contributed by atoms with van der Waals surface area (Å²) in [4.78, 5) is 1.92. The van der Waals surface area contributed by atoms with Crippen molar-refractivity contribution in [3.05, 3.63) is 50.1 Å². The van der Waals surface area contributed by atoms with Crippen LogP contribution in [-0.2, 0) is 6.54 Å². The van der Waals surface area contributed by atoms with Crippen molar-refractivity contribution >= 4 is 33.0 Å². The summed E-state index contributed by atoms with van der Waals surface area (Å²) in [6, 6.07) is 12.2. The van der Waals surface area contributed by atoms with Crippen molar-refractivity contribution in [3.63, 3.8) is 0 Å². The van der Waals surface area contributed by atoms with E-state index in [9.17, 15) is 0 Å². The normalized spacial score (nSPS) is 9.94. The van der Waals surface area contributed by atoms with E-state index < -0.39 is 0 Å². The van der Waals surface area contributed by atoms with E-state index in [1.54, 1.807) is 0 Å². The second-order valence-electron chi connectivity index (χ2n) is 3.71. The summed E-state index contributed by atoms with van der Waals surface area (Å²) in [6.07, 6.45) is 0. The van der Waals surface area contributed by atoms with Gasteiger partial charge in [-0.25, -0.2) is 0 Å². The van der Waals surface area contributed by atoms with Crippen LogP contribution in [0.3, 0.4) is 0 Å². The first kappa shape index (κ1) is 12.2. The highest BCUT2D eigenvalue weighted by Crippen LogP contribution is 2.25. The number of nitrogens with one attached hydrogen (secondary N) is 1. The molecule has 2 nitrogen and oxygen atoms in total. The molecule has 0 aliphatic heterocycles. The smallest absolute Gasteiger partial charge is 0.110 e. The second-order valence-corrected chi connectivity index (χ2v) is 5.74. The summed E-state index contributed by atoms with van der Waals surface area (Å²) >= 11 is 5.03. The van der Waals surface area contributed by atoms with Crippen molar-refractivity contribution in [1.82, 2.24) is 0 Å². The zero-order valence-electron chi connectivity index (χ0n) is 9.33. The number of thiophene rings is 1. The maximum absolute atomic E-state index is 8.75. The fourth-order valence-electron chi connectivity index (χ4n) is 1.49. The van der Waals surface area contributed by atoms with Crippen LogP contribution in [0, 0.1) is 18.3 Å². The van der Waals surface area contributed by atoms with Gasteiger partial charge in [-0.15, -0.1) is 11.3 Å². The molecule has 1 aromatic heterocycles. The van der Waals surface area contributed by atoms with Gasteiger partial charge in [0.2, 0.25) is 0 Å². The van der Waals surface area contributed by atoms with Crippen LogP contribution in [0.25, 0.3) is 0 Å². The zero-order valence-corrected chi connectivity index (χ0v) is 11.7. The molecule has 0 amide bonds. The summed E-state index contributed by atoms with van der Waals surface area (Å²) in [6.45, 7) is 2.81. The number of benzene rings is 1. The van der Waals surface area contributed by atoms with Crippen LogP contribution in [0.5, 0.6) is 0 Å². The minimum atomic E-state index is 0.744. The monoisotopic (exact) mass is 306 g/mol. The van der Waals surface area contributed by atoms with Crippen LogP contribution in [-0.4, -0.2) is 0 Å². The quantitative estimate of drug-likeness (QED) is 0.917. The molecule has 4 heteroatoms. The average molecular weight is 307 g/mol. The molecular weight excluding hydrogens is 296 g/mol. The summed E-state index contributed by atoms with van der Waals surface area (Å²) in [5.74, 6) is 0. The maximum Gasteiger partial charge on any atom is 0.110 e. The predicted molar refractivity (Wildman–Crippen MR) is 75.2 cm³/mol. The molecule has 86 valence electrons. The molecule has 1 aromatic carbocycles. The van der Waals surface area contributed by atoms with Crippen LogP contribution < -0.4 is 5.32 Å². The molecule has 0 saturated carbocycles. The molecule has 0 fully saturated rings. The number of hydrogen-bond acceptors (Lipinski definition) is 3. The van der Waals surface area contributed by atoms with Gasteiger partial charge in [0.1, 0.15) is 10.9 Å². The van der Waals surface area contributed by atoms with Crippen molar-refractivity contribution < 1.29 is 0 Å². The van der Waals surface area contributed by atoms with Crippen molar-refractivity contribution in [2.75, 3.05) is 5.32 Å². The highest BCUT2D eigenvalue weighted by Gasteiger charge is 2.02. The SMILES string of the molecule is Cc1ccc(Br)c(NCc2ccc(C#N)s2)c1. The lowest BCUT2D eigenvalue weighted by Crippen LogP contribution is -1.98. The summed E-state index contributed by atoms with van der Waals surface area (Å²) in [5.41, 5.74) is 2.30. The topological polar surface area (TPSA) is 35.8 Å². The zero-order chi connectivity index (χ0) is 12.3. The Hall–Kier alpha value is -1.31. The highest BCUT2D eigenvalue weighted by molar-refractivity contribution is 9.10. The Balaban J connectivity index is 2.07. The third-order valence-electron chi connectivity index (χ3n) is 2.35. The van der Waals surface area contributed by atoms with Gasteiger partial charge in [0.25, 0.3) is 0 Å². The Morgan fingerprint density at radius 1 is 1.35 bits per heavy atom. The van der Waals surface area contributed by atoms with Crippen molar-refractivity contribution in [2.24, 2.45) is 0 Å². The van der Waals surface area contributed by atoms with Gasteiger partial charge >= 0.3 is 0 Å². The summed E-state index contributed by atoms with van der Waals surface area (Å²) < 4.78 is 1.06. The summed E-state index contributed by atoms with van der Waals surface area (Å²) in [5, 5.41) is 12.1. The number of hydrogen-bond donors (Lipinski definition) is 1. The first-order valence-electron chi connectivity index (χ1n) is 5.18. The molecule has 1 N–H and O–H groups in total. The third-order valence-corrected chi connectivity index (χ3v) is 4.03. The van der Waals surface area contributed by atoms with E-state index in [0.29, 0.717) is 0 Å². The molecule has 0 aliphatic carbocycles. The minimum Gasteiger partial charge on any atom is -0.379 e. The van der Waals surface area contributed by atoms with Crippen molar-refractivity contribution in [1.29, 1.82) is 5.26 Å². The number of nitrogens with zero attached hydrogens (tertiary/aromatic N) is 1. The van der Waals surface area contributed by atoms with Crippen LogP contribution in [0.4, 0.5) is 5.69 Å². The first-order valence-corrected chi connectivity index (χ1v) is 6.79. The number of aryl methyl sites for hydroxylation is 1. The molecule has 17 heavy (non-hydrogen) atoms. The average Bonchev–Trinajstić information content (AvgIpc) is 2.78. The highest BCUT2D eigenvalue weighted by atomic mass is 79.9. The Labute approximate surface area is 113 Å². The molecule has 2 aromatic rings. The Kier molecular flexibility index (Phi) is 3.82. The molecule has 0 unspecified atom stereocenters. The van der Waals surface area contributed by atoms with E-state index >= 15 is 0 Å². The van der Waals surface area contributed by atoms with Crippen molar-refractivity contribution in [2.45, 2.75) is 13.5 Å². The Morgan fingerprint density at radius 3 is 2.88 bits per heavy atom. The Morgan fingerprint density at radius 2 is 2.18 bits per heavy atom. The number of anilines is 1. The van der Waals surface area contributed by atoms with Gasteiger partial charge in [0.15, 0.2) is 0 Å². The van der Waals surface area contributed by atoms with E-state index in [4.69, 9.17) is 5.26 Å². The van der Waals surface area contributed by atoms with Crippen LogP contribution in [0.1, 0.15) is 15.3 Å². The minimum absolute atomic E-state index is 0.744. The summed E-state index contributed by atoms with van der Waals surface area (Å²) in [7, 11) is 0. The van der Waals surface area contributed by atoms with E-state index in [2.05, 4.69) is 46.4 Å². The lowest BCUT2D eigenvalue weighted by Gasteiger charge is -2.08. The number of rotatable bonds is 3. The fourth-order valence-corrected chi connectivity index (χ4v) is 2.62. The van der Waals surface area contributed by atoms with Crippen molar-refractivity contribution in [3.8, 4) is 6.07 Å². The molecule has 0 radical (unpaired) electrons. The maximum atomic E-state index is 8.75.